The molecule has 0 radical (unpaired) electrons. The number of para-hydroxylation sites is 1. The number of rotatable bonds is 6. The van der Waals surface area contributed by atoms with Crippen LogP contribution in [0.1, 0.15) is 24.7 Å². The van der Waals surface area contributed by atoms with Crippen LogP contribution in [0.3, 0.4) is 0 Å². The minimum Gasteiger partial charge on any atom is -0.459 e. The second kappa shape index (κ2) is 5.58. The predicted molar refractivity (Wildman–Crippen MR) is 82.6 cm³/mol. The van der Waals surface area contributed by atoms with Gasteiger partial charge in [0, 0.05) is 24.0 Å². The Kier molecular flexibility index (Phi) is 3.81. The number of nitrogens with zero attached hydrogens (tertiary/aromatic N) is 1. The molecule has 0 saturated heterocycles. The van der Waals surface area contributed by atoms with Crippen molar-refractivity contribution < 1.29 is 4.42 Å². The van der Waals surface area contributed by atoms with Crippen LogP contribution in [-0.2, 0) is 13.1 Å². The molecule has 1 aliphatic carbocycles. The summed E-state index contributed by atoms with van der Waals surface area (Å²) in [6, 6.07) is 8.35. The van der Waals surface area contributed by atoms with E-state index in [2.05, 4.69) is 42.4 Å². The number of fused-ring (bicyclic) bond motifs is 1. The number of nitrogens with one attached hydrogen (secondary N) is 1. The van der Waals surface area contributed by atoms with Crippen molar-refractivity contribution in [2.45, 2.75) is 26.4 Å². The molecule has 3 rings (SSSR count). The van der Waals surface area contributed by atoms with Crippen molar-refractivity contribution in [1.82, 2.24) is 10.2 Å². The maximum Gasteiger partial charge on any atom is 0.134 e. The third kappa shape index (κ3) is 2.74. The topological polar surface area (TPSA) is 28.4 Å². The van der Waals surface area contributed by atoms with Crippen LogP contribution >= 0.6 is 0 Å². The van der Waals surface area contributed by atoms with Crippen LogP contribution in [0.2, 0.25) is 0 Å². The lowest BCUT2D eigenvalue weighted by atomic mass is 10.1. The van der Waals surface area contributed by atoms with Gasteiger partial charge in [-0.3, -0.25) is 0 Å². The van der Waals surface area contributed by atoms with E-state index in [0.29, 0.717) is 0 Å². The van der Waals surface area contributed by atoms with E-state index in [-0.39, 0.29) is 0 Å². The summed E-state index contributed by atoms with van der Waals surface area (Å²) in [6.45, 7) is 5.30. The molecule has 1 aromatic carbocycles. The molecular formula is C17H24N2O. The van der Waals surface area contributed by atoms with E-state index >= 15 is 0 Å². The van der Waals surface area contributed by atoms with Gasteiger partial charge in [-0.1, -0.05) is 25.1 Å². The highest BCUT2D eigenvalue weighted by atomic mass is 16.3. The monoisotopic (exact) mass is 272 g/mol. The molecule has 2 unspecified atom stereocenters. The van der Waals surface area contributed by atoms with E-state index in [4.69, 9.17) is 4.42 Å². The number of hydrogen-bond acceptors (Lipinski definition) is 3. The summed E-state index contributed by atoms with van der Waals surface area (Å²) in [7, 11) is 4.18. The molecule has 1 saturated carbocycles. The number of furan rings is 1. The van der Waals surface area contributed by atoms with Gasteiger partial charge in [-0.2, -0.15) is 0 Å². The first-order chi connectivity index (χ1) is 9.69. The third-order valence-corrected chi connectivity index (χ3v) is 4.37. The highest BCUT2D eigenvalue weighted by Crippen LogP contribution is 2.38. The molecule has 108 valence electrons. The summed E-state index contributed by atoms with van der Waals surface area (Å²) in [5, 5.41) is 4.46. The van der Waals surface area contributed by atoms with Crippen LogP contribution < -0.4 is 5.32 Å². The second-order valence-electron chi connectivity index (χ2n) is 6.20. The van der Waals surface area contributed by atoms with Gasteiger partial charge in [-0.15, -0.1) is 0 Å². The summed E-state index contributed by atoms with van der Waals surface area (Å²) >= 11 is 0. The lowest BCUT2D eigenvalue weighted by molar-refractivity contribution is 0.305. The van der Waals surface area contributed by atoms with E-state index < -0.39 is 0 Å². The zero-order valence-corrected chi connectivity index (χ0v) is 12.6. The molecule has 3 nitrogen and oxygen atoms in total. The Morgan fingerprint density at radius 1 is 1.35 bits per heavy atom. The van der Waals surface area contributed by atoms with Crippen LogP contribution in [-0.4, -0.2) is 25.5 Å². The van der Waals surface area contributed by atoms with E-state index in [1.54, 1.807) is 0 Å². The Hall–Kier alpha value is -1.32. The SMILES string of the molecule is CNCc1oc2ccccc2c1CN(C)CC1CC1C. The van der Waals surface area contributed by atoms with Crippen LogP contribution in [0.5, 0.6) is 0 Å². The first-order valence-electron chi connectivity index (χ1n) is 7.51. The molecule has 0 bridgehead atoms. The molecule has 2 atom stereocenters. The predicted octanol–water partition coefficient (Wildman–Crippen LogP) is 3.24. The molecule has 20 heavy (non-hydrogen) atoms. The van der Waals surface area contributed by atoms with Crippen molar-refractivity contribution in [1.29, 1.82) is 0 Å². The van der Waals surface area contributed by atoms with Crippen molar-refractivity contribution in [2.24, 2.45) is 11.8 Å². The first-order valence-corrected chi connectivity index (χ1v) is 7.51. The fraction of sp³-hybridized carbons (Fsp3) is 0.529. The molecule has 1 aromatic heterocycles. The molecule has 3 heteroatoms. The molecule has 0 amide bonds. The molecule has 1 aliphatic rings. The van der Waals surface area contributed by atoms with E-state index in [1.165, 1.54) is 23.9 Å². The number of hydrogen-bond donors (Lipinski definition) is 1. The van der Waals surface area contributed by atoms with Crippen molar-refractivity contribution in [3.05, 3.63) is 35.6 Å². The Labute approximate surface area is 120 Å². The average Bonchev–Trinajstić information content (AvgIpc) is 3.00. The van der Waals surface area contributed by atoms with Gasteiger partial charge in [0.15, 0.2) is 0 Å². The van der Waals surface area contributed by atoms with Crippen molar-refractivity contribution in [3.8, 4) is 0 Å². The van der Waals surface area contributed by atoms with E-state index in [9.17, 15) is 0 Å². The minimum atomic E-state index is 0.789. The van der Waals surface area contributed by atoms with Gasteiger partial charge >= 0.3 is 0 Å². The van der Waals surface area contributed by atoms with Crippen LogP contribution in [0.25, 0.3) is 11.0 Å². The average molecular weight is 272 g/mol. The van der Waals surface area contributed by atoms with Gasteiger partial charge in [0.05, 0.1) is 6.54 Å². The first kappa shape index (κ1) is 13.7. The van der Waals surface area contributed by atoms with E-state index in [0.717, 1.165) is 36.3 Å². The lowest BCUT2D eigenvalue weighted by Crippen LogP contribution is -2.22. The Morgan fingerprint density at radius 3 is 2.80 bits per heavy atom. The minimum absolute atomic E-state index is 0.789. The fourth-order valence-corrected chi connectivity index (χ4v) is 3.01. The highest BCUT2D eigenvalue weighted by Gasteiger charge is 2.33. The zero-order chi connectivity index (χ0) is 14.1. The standard InChI is InChI=1S/C17H24N2O/c1-12-8-13(12)10-19(3)11-15-14-6-4-5-7-16(14)20-17(15)9-18-2/h4-7,12-13,18H,8-11H2,1-3H3. The summed E-state index contributed by atoms with van der Waals surface area (Å²) in [5.41, 5.74) is 2.34. The largest absolute Gasteiger partial charge is 0.459 e. The van der Waals surface area contributed by atoms with Crippen molar-refractivity contribution in [3.63, 3.8) is 0 Å². The molecule has 2 aromatic rings. The Bertz CT molecular complexity index is 590. The van der Waals surface area contributed by atoms with Gasteiger partial charge in [-0.25, -0.2) is 0 Å². The molecule has 1 fully saturated rings. The van der Waals surface area contributed by atoms with Gasteiger partial charge in [0.2, 0.25) is 0 Å². The summed E-state index contributed by atoms with van der Waals surface area (Å²) in [5.74, 6) is 2.88. The van der Waals surface area contributed by atoms with Gasteiger partial charge in [0.1, 0.15) is 11.3 Å². The zero-order valence-electron chi connectivity index (χ0n) is 12.6. The normalized spacial score (nSPS) is 21.8. The lowest BCUT2D eigenvalue weighted by Gasteiger charge is -2.16. The Morgan fingerprint density at radius 2 is 2.10 bits per heavy atom. The number of benzene rings is 1. The summed E-state index contributed by atoms with van der Waals surface area (Å²) in [6.07, 6.45) is 1.39. The maximum absolute atomic E-state index is 5.99. The molecule has 0 spiro atoms. The maximum atomic E-state index is 5.99. The molecular weight excluding hydrogens is 248 g/mol. The molecule has 1 heterocycles. The smallest absolute Gasteiger partial charge is 0.134 e. The quantitative estimate of drug-likeness (QED) is 0.875. The van der Waals surface area contributed by atoms with Gasteiger partial charge in [0.25, 0.3) is 0 Å². The molecule has 0 aliphatic heterocycles. The van der Waals surface area contributed by atoms with Gasteiger partial charge < -0.3 is 14.6 Å². The van der Waals surface area contributed by atoms with Gasteiger partial charge in [-0.05, 0) is 38.4 Å². The van der Waals surface area contributed by atoms with Crippen molar-refractivity contribution in [2.75, 3.05) is 20.6 Å². The highest BCUT2D eigenvalue weighted by molar-refractivity contribution is 5.82. The van der Waals surface area contributed by atoms with Crippen molar-refractivity contribution >= 4 is 11.0 Å². The second-order valence-corrected chi connectivity index (χ2v) is 6.20. The van der Waals surface area contributed by atoms with Crippen LogP contribution in [0.15, 0.2) is 28.7 Å². The summed E-state index contributed by atoms with van der Waals surface area (Å²) < 4.78 is 5.99. The van der Waals surface area contributed by atoms with Crippen LogP contribution in [0.4, 0.5) is 0 Å². The third-order valence-electron chi connectivity index (χ3n) is 4.37. The van der Waals surface area contributed by atoms with Crippen LogP contribution in [0, 0.1) is 11.8 Å². The fourth-order valence-electron chi connectivity index (χ4n) is 3.01. The molecule has 1 N–H and O–H groups in total. The summed E-state index contributed by atoms with van der Waals surface area (Å²) in [4.78, 5) is 2.44. The van der Waals surface area contributed by atoms with E-state index in [1.807, 2.05) is 13.1 Å². The Balaban J connectivity index is 1.82.